The second-order valence-electron chi connectivity index (χ2n) is 4.31. The van der Waals surface area contributed by atoms with E-state index in [1.807, 2.05) is 0 Å². The minimum atomic E-state index is -5.51. The third kappa shape index (κ3) is 4.88. The third-order valence-electron chi connectivity index (χ3n) is 2.75. The molecule has 3 nitrogen and oxygen atoms in total. The Labute approximate surface area is 105 Å². The van der Waals surface area contributed by atoms with Crippen molar-refractivity contribution < 1.29 is 25.8 Å². The number of halogens is 3. The van der Waals surface area contributed by atoms with Crippen LogP contribution in [0.2, 0.25) is 0 Å². The standard InChI is InChI=1S/C11H17F3O3S/c12-11(13,14)18(15,16)17-10-8-6-4-2-1-3-5-7-9-10/h8H,1-7,9H2. The van der Waals surface area contributed by atoms with E-state index in [2.05, 4.69) is 4.18 Å². The van der Waals surface area contributed by atoms with Crippen molar-refractivity contribution in [1.82, 2.24) is 0 Å². The van der Waals surface area contributed by atoms with E-state index >= 15 is 0 Å². The van der Waals surface area contributed by atoms with Gasteiger partial charge in [-0.1, -0.05) is 25.7 Å². The Kier molecular flexibility index (Phi) is 5.49. The minimum Gasteiger partial charge on any atom is -0.381 e. The Hall–Kier alpha value is -0.720. The molecule has 0 aromatic rings. The van der Waals surface area contributed by atoms with Crippen molar-refractivity contribution in [2.75, 3.05) is 0 Å². The van der Waals surface area contributed by atoms with Crippen LogP contribution in [0.25, 0.3) is 0 Å². The highest BCUT2D eigenvalue weighted by molar-refractivity contribution is 7.87. The molecule has 0 radical (unpaired) electrons. The highest BCUT2D eigenvalue weighted by Gasteiger charge is 2.48. The first-order chi connectivity index (χ1) is 8.33. The van der Waals surface area contributed by atoms with E-state index in [4.69, 9.17) is 0 Å². The van der Waals surface area contributed by atoms with Crippen molar-refractivity contribution in [3.63, 3.8) is 0 Å². The molecule has 0 N–H and O–H groups in total. The van der Waals surface area contributed by atoms with Gasteiger partial charge in [-0.3, -0.25) is 0 Å². The van der Waals surface area contributed by atoms with E-state index in [-0.39, 0.29) is 12.2 Å². The maximum Gasteiger partial charge on any atom is 0.534 e. The van der Waals surface area contributed by atoms with Gasteiger partial charge in [0.2, 0.25) is 0 Å². The summed E-state index contributed by atoms with van der Waals surface area (Å²) in [5.41, 5.74) is -5.36. The van der Waals surface area contributed by atoms with Crippen molar-refractivity contribution in [2.45, 2.75) is 56.9 Å². The van der Waals surface area contributed by atoms with Crippen molar-refractivity contribution in [2.24, 2.45) is 0 Å². The fraction of sp³-hybridized carbons (Fsp3) is 0.818. The molecule has 1 aliphatic rings. The largest absolute Gasteiger partial charge is 0.534 e. The van der Waals surface area contributed by atoms with Gasteiger partial charge in [0.1, 0.15) is 5.76 Å². The lowest BCUT2D eigenvalue weighted by atomic mass is 10.0. The van der Waals surface area contributed by atoms with Gasteiger partial charge in [0, 0.05) is 6.42 Å². The molecule has 0 fully saturated rings. The Morgan fingerprint density at radius 1 is 1.00 bits per heavy atom. The summed E-state index contributed by atoms with van der Waals surface area (Å²) >= 11 is 0. The zero-order chi connectivity index (χ0) is 13.6. The van der Waals surface area contributed by atoms with Gasteiger partial charge in [-0.05, 0) is 25.3 Å². The summed E-state index contributed by atoms with van der Waals surface area (Å²) in [6, 6.07) is 0. The highest BCUT2D eigenvalue weighted by Crippen LogP contribution is 2.28. The zero-order valence-electron chi connectivity index (χ0n) is 10.0. The molecule has 0 saturated carbocycles. The Bertz CT molecular complexity index is 385. The zero-order valence-corrected chi connectivity index (χ0v) is 10.8. The molecular weight excluding hydrogens is 269 g/mol. The molecule has 106 valence electrons. The molecule has 7 heteroatoms. The molecular formula is C11H17F3O3S. The average molecular weight is 286 g/mol. The van der Waals surface area contributed by atoms with Gasteiger partial charge in [-0.25, -0.2) is 0 Å². The summed E-state index contributed by atoms with van der Waals surface area (Å²) in [6.45, 7) is 0. The lowest BCUT2D eigenvalue weighted by molar-refractivity contribution is -0.0523. The van der Waals surface area contributed by atoms with E-state index < -0.39 is 15.6 Å². The SMILES string of the molecule is O=S(=O)(OC1=CCCCCCCCC1)C(F)(F)F. The molecule has 0 spiro atoms. The van der Waals surface area contributed by atoms with Crippen LogP contribution in [0, 0.1) is 0 Å². The van der Waals surface area contributed by atoms with E-state index in [0.29, 0.717) is 12.8 Å². The van der Waals surface area contributed by atoms with Crippen molar-refractivity contribution in [3.05, 3.63) is 11.8 Å². The number of allylic oxidation sites excluding steroid dienone is 2. The Balaban J connectivity index is 2.70. The fourth-order valence-corrected chi connectivity index (χ4v) is 2.31. The molecule has 0 atom stereocenters. The summed E-state index contributed by atoms with van der Waals surface area (Å²) in [7, 11) is -5.51. The predicted molar refractivity (Wildman–Crippen MR) is 61.1 cm³/mol. The smallest absolute Gasteiger partial charge is 0.381 e. The van der Waals surface area contributed by atoms with Crippen LogP contribution in [-0.4, -0.2) is 13.9 Å². The highest BCUT2D eigenvalue weighted by atomic mass is 32.2. The molecule has 0 aromatic heterocycles. The minimum absolute atomic E-state index is 0.0748. The Morgan fingerprint density at radius 2 is 1.56 bits per heavy atom. The van der Waals surface area contributed by atoms with Crippen LogP contribution in [0.4, 0.5) is 13.2 Å². The summed E-state index contributed by atoms with van der Waals surface area (Å²) < 4.78 is 62.5. The van der Waals surface area contributed by atoms with E-state index in [0.717, 1.165) is 32.1 Å². The monoisotopic (exact) mass is 286 g/mol. The molecule has 0 bridgehead atoms. The van der Waals surface area contributed by atoms with Crippen LogP contribution in [0.5, 0.6) is 0 Å². The topological polar surface area (TPSA) is 43.4 Å². The van der Waals surface area contributed by atoms with Crippen molar-refractivity contribution in [3.8, 4) is 0 Å². The number of rotatable bonds is 2. The van der Waals surface area contributed by atoms with Gasteiger partial charge in [0.25, 0.3) is 0 Å². The van der Waals surface area contributed by atoms with Crippen LogP contribution in [-0.2, 0) is 14.3 Å². The van der Waals surface area contributed by atoms with Gasteiger partial charge in [-0.2, -0.15) is 21.6 Å². The predicted octanol–water partition coefficient (Wildman–Crippen LogP) is 3.87. The summed E-state index contributed by atoms with van der Waals surface area (Å²) in [5, 5.41) is 0. The second-order valence-corrected chi connectivity index (χ2v) is 5.85. The maximum absolute atomic E-state index is 12.2. The first kappa shape index (κ1) is 15.3. The van der Waals surface area contributed by atoms with Gasteiger partial charge < -0.3 is 4.18 Å². The molecule has 18 heavy (non-hydrogen) atoms. The van der Waals surface area contributed by atoms with Crippen LogP contribution in [0.3, 0.4) is 0 Å². The van der Waals surface area contributed by atoms with E-state index in [9.17, 15) is 21.6 Å². The van der Waals surface area contributed by atoms with Crippen LogP contribution in [0.1, 0.15) is 51.4 Å². The quantitative estimate of drug-likeness (QED) is 0.571. The lowest BCUT2D eigenvalue weighted by Gasteiger charge is -2.13. The van der Waals surface area contributed by atoms with Crippen molar-refractivity contribution >= 4 is 10.1 Å². The fourth-order valence-electron chi connectivity index (χ4n) is 1.78. The third-order valence-corrected chi connectivity index (χ3v) is 3.75. The summed E-state index contributed by atoms with van der Waals surface area (Å²) in [5.74, 6) is -0.0748. The van der Waals surface area contributed by atoms with Crippen LogP contribution < -0.4 is 0 Å². The van der Waals surface area contributed by atoms with E-state index in [1.165, 1.54) is 6.08 Å². The molecule has 0 aliphatic heterocycles. The molecule has 0 heterocycles. The molecule has 0 saturated heterocycles. The van der Waals surface area contributed by atoms with Gasteiger partial charge in [0.15, 0.2) is 0 Å². The van der Waals surface area contributed by atoms with Gasteiger partial charge in [-0.15, -0.1) is 0 Å². The first-order valence-electron chi connectivity index (χ1n) is 6.03. The number of hydrogen-bond donors (Lipinski definition) is 0. The summed E-state index contributed by atoms with van der Waals surface area (Å²) in [6.07, 6.45) is 7.80. The van der Waals surface area contributed by atoms with Crippen molar-refractivity contribution in [1.29, 1.82) is 0 Å². The van der Waals surface area contributed by atoms with Crippen LogP contribution in [0.15, 0.2) is 11.8 Å². The molecule has 0 amide bonds. The Morgan fingerprint density at radius 3 is 2.17 bits per heavy atom. The normalized spacial score (nSPS) is 20.1. The second kappa shape index (κ2) is 6.45. The first-order valence-corrected chi connectivity index (χ1v) is 7.43. The van der Waals surface area contributed by atoms with E-state index in [1.54, 1.807) is 0 Å². The molecule has 1 aliphatic carbocycles. The van der Waals surface area contributed by atoms with Crippen LogP contribution >= 0.6 is 0 Å². The lowest BCUT2D eigenvalue weighted by Crippen LogP contribution is -2.25. The number of hydrogen-bond acceptors (Lipinski definition) is 3. The summed E-state index contributed by atoms with van der Waals surface area (Å²) in [4.78, 5) is 0. The average Bonchev–Trinajstić information content (AvgIpc) is 2.25. The molecule has 0 unspecified atom stereocenters. The van der Waals surface area contributed by atoms with Gasteiger partial charge >= 0.3 is 15.6 Å². The maximum atomic E-state index is 12.2. The number of alkyl halides is 3. The van der Waals surface area contributed by atoms with Gasteiger partial charge in [0.05, 0.1) is 0 Å². The molecule has 1 rings (SSSR count). The molecule has 0 aromatic carbocycles.